The van der Waals surface area contributed by atoms with Crippen molar-refractivity contribution in [3.63, 3.8) is 0 Å². The molecule has 85 valence electrons. The van der Waals surface area contributed by atoms with Crippen LogP contribution in [0.15, 0.2) is 37.4 Å². The van der Waals surface area contributed by atoms with E-state index in [0.29, 0.717) is 5.56 Å². The molecule has 0 aromatic heterocycles. The molecule has 1 radical (unpaired) electrons. The highest BCUT2D eigenvalue weighted by atomic mass is 19.3. The molecule has 0 aliphatic heterocycles. The summed E-state index contributed by atoms with van der Waals surface area (Å²) in [4.78, 5) is 0. The summed E-state index contributed by atoms with van der Waals surface area (Å²) in [5, 5.41) is 0. The summed E-state index contributed by atoms with van der Waals surface area (Å²) in [6.45, 7) is 8.21. The third-order valence-electron chi connectivity index (χ3n) is 2.20. The topological polar surface area (TPSA) is 9.23 Å². The van der Waals surface area contributed by atoms with Crippen LogP contribution < -0.4 is 4.74 Å². The van der Waals surface area contributed by atoms with E-state index in [2.05, 4.69) is 24.8 Å². The maximum Gasteiger partial charge on any atom is 0.387 e. The van der Waals surface area contributed by atoms with E-state index >= 15 is 0 Å². The second-order valence-electron chi connectivity index (χ2n) is 3.18. The molecule has 0 aliphatic rings. The van der Waals surface area contributed by atoms with Crippen LogP contribution in [0.25, 0.3) is 6.08 Å². The Balaban J connectivity index is 3.20. The largest absolute Gasteiger partial charge is 0.434 e. The van der Waals surface area contributed by atoms with Crippen molar-refractivity contribution < 1.29 is 13.5 Å². The van der Waals surface area contributed by atoms with Crippen LogP contribution in [-0.2, 0) is 0 Å². The lowest BCUT2D eigenvalue weighted by molar-refractivity contribution is -0.0500. The minimum absolute atomic E-state index is 0.109. The van der Waals surface area contributed by atoms with Gasteiger partial charge in [0.15, 0.2) is 0 Å². The van der Waals surface area contributed by atoms with Gasteiger partial charge in [-0.3, -0.25) is 0 Å². The van der Waals surface area contributed by atoms with Crippen molar-refractivity contribution in [2.45, 2.75) is 12.5 Å². The fraction of sp³-hybridized carbons (Fsp3) is 0.154. The molecule has 3 heteroatoms. The van der Waals surface area contributed by atoms with Gasteiger partial charge in [0, 0.05) is 11.5 Å². The van der Waals surface area contributed by atoms with Gasteiger partial charge in [0.1, 0.15) is 5.75 Å². The van der Waals surface area contributed by atoms with Gasteiger partial charge in [-0.2, -0.15) is 8.78 Å². The first-order valence-electron chi connectivity index (χ1n) is 4.76. The fourth-order valence-electron chi connectivity index (χ4n) is 1.43. The smallest absolute Gasteiger partial charge is 0.387 e. The van der Waals surface area contributed by atoms with Gasteiger partial charge in [-0.05, 0) is 18.6 Å². The molecule has 0 N–H and O–H groups in total. The van der Waals surface area contributed by atoms with Crippen LogP contribution in [0, 0.1) is 6.92 Å². The molecule has 16 heavy (non-hydrogen) atoms. The predicted octanol–water partition coefficient (Wildman–Crippen LogP) is 4.03. The number of allylic oxidation sites excluding steroid dienone is 1. The number of benzene rings is 1. The van der Waals surface area contributed by atoms with E-state index in [1.807, 2.05) is 0 Å². The van der Waals surface area contributed by atoms with Crippen molar-refractivity contribution in [3.8, 4) is 5.75 Å². The van der Waals surface area contributed by atoms with Crippen LogP contribution in [0.5, 0.6) is 5.75 Å². The maximum absolute atomic E-state index is 12.2. The number of alkyl halides is 2. The minimum Gasteiger partial charge on any atom is -0.434 e. The molecule has 0 spiro atoms. The van der Waals surface area contributed by atoms with Gasteiger partial charge in [-0.15, -0.1) is 6.58 Å². The van der Waals surface area contributed by atoms with E-state index in [-0.39, 0.29) is 11.7 Å². The molecule has 1 atom stereocenters. The average molecular weight is 223 g/mol. The van der Waals surface area contributed by atoms with E-state index in [1.165, 1.54) is 12.1 Å². The molecule has 1 nitrogen and oxygen atoms in total. The zero-order chi connectivity index (χ0) is 12.1. The molecule has 1 rings (SSSR count). The average Bonchev–Trinajstić information content (AvgIpc) is 2.27. The van der Waals surface area contributed by atoms with Crippen LogP contribution in [-0.4, -0.2) is 6.61 Å². The standard InChI is InChI=1S/C13H13F2O/c1-4-9(3)11-7-6-8-12(10(11)5-2)16-13(14)15/h4-9,13H,1-3H2. The molecule has 0 aliphatic carbocycles. The van der Waals surface area contributed by atoms with Crippen molar-refractivity contribution in [1.29, 1.82) is 0 Å². The number of ether oxygens (including phenoxy) is 1. The summed E-state index contributed by atoms with van der Waals surface area (Å²) in [6, 6.07) is 4.90. The summed E-state index contributed by atoms with van der Waals surface area (Å²) in [5.41, 5.74) is 1.30. The van der Waals surface area contributed by atoms with E-state index in [9.17, 15) is 8.78 Å². The third kappa shape index (κ3) is 2.69. The number of hydrogen-bond donors (Lipinski definition) is 0. The minimum atomic E-state index is -2.85. The Bertz CT molecular complexity index is 386. The first-order chi connectivity index (χ1) is 7.60. The second-order valence-corrected chi connectivity index (χ2v) is 3.18. The Morgan fingerprint density at radius 2 is 1.94 bits per heavy atom. The fourth-order valence-corrected chi connectivity index (χ4v) is 1.43. The number of halogens is 2. The van der Waals surface area contributed by atoms with Gasteiger partial charge < -0.3 is 4.74 Å². The molecule has 1 unspecified atom stereocenters. The number of rotatable bonds is 5. The lowest BCUT2D eigenvalue weighted by Crippen LogP contribution is -2.05. The van der Waals surface area contributed by atoms with Crippen molar-refractivity contribution in [2.24, 2.45) is 0 Å². The monoisotopic (exact) mass is 223 g/mol. The van der Waals surface area contributed by atoms with Gasteiger partial charge in [0.05, 0.1) is 0 Å². The summed E-state index contributed by atoms with van der Waals surface area (Å²) < 4.78 is 28.7. The van der Waals surface area contributed by atoms with E-state index in [0.717, 1.165) is 5.56 Å². The van der Waals surface area contributed by atoms with Gasteiger partial charge in [0.25, 0.3) is 0 Å². The second kappa shape index (κ2) is 5.45. The van der Waals surface area contributed by atoms with Gasteiger partial charge in [0.2, 0.25) is 0 Å². The van der Waals surface area contributed by atoms with E-state index < -0.39 is 6.61 Å². The molecule has 0 fully saturated rings. The summed E-state index contributed by atoms with van der Waals surface area (Å²) >= 11 is 0. The van der Waals surface area contributed by atoms with E-state index in [1.54, 1.807) is 18.2 Å². The normalized spacial score (nSPS) is 12.2. The zero-order valence-corrected chi connectivity index (χ0v) is 8.83. The van der Waals surface area contributed by atoms with E-state index in [4.69, 9.17) is 0 Å². The Kier molecular flexibility index (Phi) is 4.23. The van der Waals surface area contributed by atoms with Crippen LogP contribution in [0.4, 0.5) is 8.78 Å². The van der Waals surface area contributed by atoms with Crippen molar-refractivity contribution >= 4 is 6.08 Å². The summed E-state index contributed by atoms with van der Waals surface area (Å²) in [6.07, 6.45) is 3.11. The molecule has 0 saturated heterocycles. The molecule has 0 heterocycles. The SMILES string of the molecule is [CH2]C(C=C)c1cccc(OC(F)F)c1C=C. The Morgan fingerprint density at radius 1 is 1.25 bits per heavy atom. The molecule has 1 aromatic rings. The van der Waals surface area contributed by atoms with Gasteiger partial charge >= 0.3 is 6.61 Å². The van der Waals surface area contributed by atoms with Crippen LogP contribution >= 0.6 is 0 Å². The molecule has 0 bridgehead atoms. The summed E-state index contributed by atoms with van der Waals surface area (Å²) in [7, 11) is 0. The Labute approximate surface area is 94.1 Å². The zero-order valence-electron chi connectivity index (χ0n) is 8.83. The first-order valence-corrected chi connectivity index (χ1v) is 4.76. The van der Waals surface area contributed by atoms with Gasteiger partial charge in [-0.25, -0.2) is 0 Å². The molecule has 0 amide bonds. The number of hydrogen-bond acceptors (Lipinski definition) is 1. The van der Waals surface area contributed by atoms with Crippen molar-refractivity contribution in [2.75, 3.05) is 0 Å². The Morgan fingerprint density at radius 3 is 2.44 bits per heavy atom. The highest BCUT2D eigenvalue weighted by Gasteiger charge is 2.13. The lowest BCUT2D eigenvalue weighted by atomic mass is 9.95. The molecule has 1 aromatic carbocycles. The first kappa shape index (κ1) is 12.4. The van der Waals surface area contributed by atoms with Crippen LogP contribution in [0.3, 0.4) is 0 Å². The maximum atomic E-state index is 12.2. The third-order valence-corrected chi connectivity index (χ3v) is 2.20. The lowest BCUT2D eigenvalue weighted by Gasteiger charge is -2.14. The predicted molar refractivity (Wildman–Crippen MR) is 61.5 cm³/mol. The van der Waals surface area contributed by atoms with Crippen molar-refractivity contribution in [1.82, 2.24) is 0 Å². The van der Waals surface area contributed by atoms with Crippen LogP contribution in [0.1, 0.15) is 17.0 Å². The van der Waals surface area contributed by atoms with Gasteiger partial charge in [-0.1, -0.05) is 30.9 Å². The molecule has 0 saturated carbocycles. The highest BCUT2D eigenvalue weighted by molar-refractivity contribution is 5.61. The molecular formula is C13H13F2O. The van der Waals surface area contributed by atoms with Crippen molar-refractivity contribution in [3.05, 3.63) is 55.5 Å². The Hall–Kier alpha value is -1.64. The van der Waals surface area contributed by atoms with Crippen LogP contribution in [0.2, 0.25) is 0 Å². The highest BCUT2D eigenvalue weighted by Crippen LogP contribution is 2.30. The summed E-state index contributed by atoms with van der Waals surface area (Å²) in [5.74, 6) is -0.0766. The molecular weight excluding hydrogens is 210 g/mol. The quantitative estimate of drug-likeness (QED) is 0.684.